The Balaban J connectivity index is 2.36. The van der Waals surface area contributed by atoms with Crippen molar-refractivity contribution in [3.8, 4) is 0 Å². The first-order valence-electron chi connectivity index (χ1n) is 5.52. The van der Waals surface area contributed by atoms with E-state index in [1.54, 1.807) is 12.1 Å². The molecule has 21 heavy (non-hydrogen) atoms. The van der Waals surface area contributed by atoms with Gasteiger partial charge in [0.2, 0.25) is 0 Å². The zero-order valence-corrected chi connectivity index (χ0v) is 12.6. The highest BCUT2D eigenvalue weighted by Crippen LogP contribution is 2.33. The van der Waals surface area contributed by atoms with Crippen LogP contribution in [0.15, 0.2) is 50.7 Å². The Kier molecular flexibility index (Phi) is 4.59. The summed E-state index contributed by atoms with van der Waals surface area (Å²) in [6, 6.07) is 7.82. The lowest BCUT2D eigenvalue weighted by molar-refractivity contribution is -0.385. The van der Waals surface area contributed by atoms with E-state index < -0.39 is 16.7 Å². The number of rotatable bonds is 4. The molecule has 0 heterocycles. The van der Waals surface area contributed by atoms with Crippen LogP contribution >= 0.6 is 27.7 Å². The van der Waals surface area contributed by atoms with Gasteiger partial charge in [-0.25, -0.2) is 9.18 Å². The van der Waals surface area contributed by atoms with Crippen LogP contribution in [0.2, 0.25) is 0 Å². The van der Waals surface area contributed by atoms with Crippen molar-refractivity contribution in [2.75, 3.05) is 0 Å². The number of nitrogens with zero attached hydrogens (tertiary/aromatic N) is 1. The highest BCUT2D eigenvalue weighted by Gasteiger charge is 2.13. The molecule has 0 saturated heterocycles. The summed E-state index contributed by atoms with van der Waals surface area (Å²) in [6.45, 7) is 0. The zero-order valence-electron chi connectivity index (χ0n) is 10.2. The summed E-state index contributed by atoms with van der Waals surface area (Å²) < 4.78 is 13.8. The second-order valence-electron chi connectivity index (χ2n) is 3.95. The molecule has 5 nitrogen and oxygen atoms in total. The molecule has 1 N–H and O–H groups in total. The second kappa shape index (κ2) is 6.23. The first-order chi connectivity index (χ1) is 9.86. The molecule has 0 spiro atoms. The van der Waals surface area contributed by atoms with E-state index in [1.807, 2.05) is 0 Å². The van der Waals surface area contributed by atoms with Gasteiger partial charge in [-0.15, -0.1) is 0 Å². The molecule has 0 atom stereocenters. The predicted octanol–water partition coefficient (Wildman–Crippen LogP) is 4.35. The number of aromatic carboxylic acids is 1. The molecule has 0 amide bonds. The van der Waals surface area contributed by atoms with E-state index in [0.29, 0.717) is 14.3 Å². The van der Waals surface area contributed by atoms with Crippen molar-refractivity contribution in [2.45, 2.75) is 9.79 Å². The van der Waals surface area contributed by atoms with Crippen LogP contribution in [-0.2, 0) is 0 Å². The number of nitro groups is 1. The van der Waals surface area contributed by atoms with Crippen molar-refractivity contribution in [3.05, 3.63) is 62.4 Å². The fourth-order valence-corrected chi connectivity index (χ4v) is 2.93. The van der Waals surface area contributed by atoms with Gasteiger partial charge in [-0.3, -0.25) is 10.1 Å². The molecule has 0 aliphatic carbocycles. The van der Waals surface area contributed by atoms with E-state index in [-0.39, 0.29) is 11.3 Å². The topological polar surface area (TPSA) is 80.4 Å². The maximum atomic E-state index is 13.3. The zero-order chi connectivity index (χ0) is 15.6. The first kappa shape index (κ1) is 15.5. The summed E-state index contributed by atoms with van der Waals surface area (Å²) in [7, 11) is 0. The van der Waals surface area contributed by atoms with Gasteiger partial charge in [-0.05, 0) is 40.2 Å². The third-order valence-corrected chi connectivity index (χ3v) is 4.12. The smallest absolute Gasteiger partial charge is 0.336 e. The average molecular weight is 372 g/mol. The van der Waals surface area contributed by atoms with Crippen molar-refractivity contribution in [3.63, 3.8) is 0 Å². The number of carboxylic acid groups (broad SMARTS) is 1. The SMILES string of the molecule is O=C(O)c1cc(Sc2cc(F)cc([N+](=O)[O-])c2)ccc1Br. The van der Waals surface area contributed by atoms with E-state index in [1.165, 1.54) is 12.1 Å². The minimum atomic E-state index is -1.10. The third kappa shape index (κ3) is 3.79. The van der Waals surface area contributed by atoms with Gasteiger partial charge in [-0.2, -0.15) is 0 Å². The van der Waals surface area contributed by atoms with Crippen molar-refractivity contribution in [1.82, 2.24) is 0 Å². The third-order valence-electron chi connectivity index (χ3n) is 2.47. The number of hydrogen-bond acceptors (Lipinski definition) is 4. The van der Waals surface area contributed by atoms with Gasteiger partial charge in [0.1, 0.15) is 5.82 Å². The van der Waals surface area contributed by atoms with Crippen LogP contribution in [-0.4, -0.2) is 16.0 Å². The Hall–Kier alpha value is -1.93. The van der Waals surface area contributed by atoms with Crippen LogP contribution < -0.4 is 0 Å². The minimum Gasteiger partial charge on any atom is -0.478 e. The summed E-state index contributed by atoms with van der Waals surface area (Å²) in [4.78, 5) is 21.9. The fourth-order valence-electron chi connectivity index (χ4n) is 1.58. The fraction of sp³-hybridized carbons (Fsp3) is 0. The summed E-state index contributed by atoms with van der Waals surface area (Å²) in [6.07, 6.45) is 0. The van der Waals surface area contributed by atoms with Gasteiger partial charge in [0, 0.05) is 20.3 Å². The van der Waals surface area contributed by atoms with Gasteiger partial charge >= 0.3 is 5.97 Å². The van der Waals surface area contributed by atoms with Gasteiger partial charge < -0.3 is 5.11 Å². The average Bonchev–Trinajstić information content (AvgIpc) is 2.40. The van der Waals surface area contributed by atoms with Crippen molar-refractivity contribution >= 4 is 39.3 Å². The molecule has 0 aliphatic heterocycles. The van der Waals surface area contributed by atoms with Gasteiger partial charge in [0.25, 0.3) is 5.69 Å². The Morgan fingerprint density at radius 2 is 1.95 bits per heavy atom. The molecule has 0 unspecified atom stereocenters. The lowest BCUT2D eigenvalue weighted by Gasteiger charge is -2.05. The van der Waals surface area contributed by atoms with Crippen LogP contribution in [0.1, 0.15) is 10.4 Å². The van der Waals surface area contributed by atoms with Crippen LogP contribution in [0.4, 0.5) is 10.1 Å². The number of hydrogen-bond donors (Lipinski definition) is 1. The van der Waals surface area contributed by atoms with Gasteiger partial charge in [0.15, 0.2) is 0 Å². The molecule has 0 aromatic heterocycles. The minimum absolute atomic E-state index is 0.0610. The highest BCUT2D eigenvalue weighted by molar-refractivity contribution is 9.10. The lowest BCUT2D eigenvalue weighted by atomic mass is 10.2. The molecule has 0 fully saturated rings. The van der Waals surface area contributed by atoms with Crippen LogP contribution in [0, 0.1) is 15.9 Å². The van der Waals surface area contributed by atoms with E-state index in [0.717, 1.165) is 23.9 Å². The summed E-state index contributed by atoms with van der Waals surface area (Å²) in [5.41, 5.74) is -0.293. The van der Waals surface area contributed by atoms with Crippen LogP contribution in [0.3, 0.4) is 0 Å². The molecule has 2 aromatic carbocycles. The Labute approximate surface area is 131 Å². The van der Waals surface area contributed by atoms with Crippen molar-refractivity contribution in [1.29, 1.82) is 0 Å². The molecule has 2 rings (SSSR count). The van der Waals surface area contributed by atoms with E-state index in [4.69, 9.17) is 5.11 Å². The number of nitro benzene ring substituents is 1. The number of carboxylic acids is 1. The number of benzene rings is 2. The summed E-state index contributed by atoms with van der Waals surface area (Å²) in [5, 5.41) is 19.7. The van der Waals surface area contributed by atoms with Crippen molar-refractivity contribution in [2.24, 2.45) is 0 Å². The van der Waals surface area contributed by atoms with E-state index >= 15 is 0 Å². The molecule has 0 radical (unpaired) electrons. The predicted molar refractivity (Wildman–Crippen MR) is 78.3 cm³/mol. The largest absolute Gasteiger partial charge is 0.478 e. The quantitative estimate of drug-likeness (QED) is 0.638. The number of non-ortho nitro benzene ring substituents is 1. The van der Waals surface area contributed by atoms with Crippen molar-refractivity contribution < 1.29 is 19.2 Å². The van der Waals surface area contributed by atoms with E-state index in [2.05, 4.69) is 15.9 Å². The second-order valence-corrected chi connectivity index (χ2v) is 5.95. The first-order valence-corrected chi connectivity index (χ1v) is 7.13. The molecule has 2 aromatic rings. The molecule has 0 aliphatic rings. The van der Waals surface area contributed by atoms with Gasteiger partial charge in [0.05, 0.1) is 16.6 Å². The van der Waals surface area contributed by atoms with Gasteiger partial charge in [-0.1, -0.05) is 11.8 Å². The molecular formula is C13H7BrFNO4S. The van der Waals surface area contributed by atoms with Crippen LogP contribution in [0.25, 0.3) is 0 Å². The summed E-state index contributed by atoms with van der Waals surface area (Å²) in [5.74, 6) is -1.82. The van der Waals surface area contributed by atoms with Crippen LogP contribution in [0.5, 0.6) is 0 Å². The van der Waals surface area contributed by atoms with E-state index in [9.17, 15) is 19.3 Å². The molecule has 108 valence electrons. The monoisotopic (exact) mass is 371 g/mol. The molecule has 8 heteroatoms. The molecular weight excluding hydrogens is 365 g/mol. The number of halogens is 2. The number of carbonyl (C=O) groups is 1. The Bertz CT molecular complexity index is 738. The molecule has 0 saturated carbocycles. The maximum Gasteiger partial charge on any atom is 0.336 e. The summed E-state index contributed by atoms with van der Waals surface area (Å²) >= 11 is 4.16. The Morgan fingerprint density at radius 3 is 2.57 bits per heavy atom. The molecule has 0 bridgehead atoms. The standard InChI is InChI=1S/C13H7BrFNO4S/c14-12-2-1-9(6-11(12)13(17)18)21-10-4-7(15)3-8(5-10)16(19)20/h1-6H,(H,17,18). The normalized spacial score (nSPS) is 10.4. The maximum absolute atomic E-state index is 13.3. The Morgan fingerprint density at radius 1 is 1.24 bits per heavy atom. The highest BCUT2D eigenvalue weighted by atomic mass is 79.9. The lowest BCUT2D eigenvalue weighted by Crippen LogP contribution is -1.97.